The number of rotatable bonds is 12. The van der Waals surface area contributed by atoms with Gasteiger partial charge in [-0.15, -0.1) is 0 Å². The minimum atomic E-state index is -3.86. The molecule has 0 aliphatic rings. The van der Waals surface area contributed by atoms with Crippen molar-refractivity contribution in [2.24, 2.45) is 0 Å². The van der Waals surface area contributed by atoms with Crippen LogP contribution in [0.5, 0.6) is 5.75 Å². The van der Waals surface area contributed by atoms with E-state index in [4.69, 9.17) is 27.9 Å². The van der Waals surface area contributed by atoms with Crippen LogP contribution in [-0.4, -0.2) is 57.6 Å². The molecule has 0 radical (unpaired) electrons. The normalized spacial score (nSPS) is 11.9. The van der Waals surface area contributed by atoms with Crippen LogP contribution in [0.15, 0.2) is 72.8 Å². The van der Waals surface area contributed by atoms with E-state index in [1.807, 2.05) is 30.3 Å². The van der Waals surface area contributed by atoms with E-state index in [0.717, 1.165) is 16.1 Å². The van der Waals surface area contributed by atoms with Gasteiger partial charge in [0, 0.05) is 19.5 Å². The van der Waals surface area contributed by atoms with E-state index in [-0.39, 0.29) is 18.9 Å². The second kappa shape index (κ2) is 13.7. The Hall–Kier alpha value is -3.27. The van der Waals surface area contributed by atoms with Crippen LogP contribution >= 0.6 is 23.2 Å². The average Bonchev–Trinajstić information content (AvgIpc) is 2.91. The molecule has 0 saturated heterocycles. The lowest BCUT2D eigenvalue weighted by atomic mass is 10.0. The van der Waals surface area contributed by atoms with Gasteiger partial charge in [0.05, 0.1) is 29.1 Å². The molecule has 0 aliphatic carbocycles. The average molecular weight is 593 g/mol. The van der Waals surface area contributed by atoms with Crippen LogP contribution in [0.1, 0.15) is 18.1 Å². The van der Waals surface area contributed by atoms with E-state index < -0.39 is 28.5 Å². The van der Waals surface area contributed by atoms with Crippen LogP contribution in [0.3, 0.4) is 0 Å². The molecule has 2 amide bonds. The molecule has 0 bridgehead atoms. The number of likely N-dealkylation sites (N-methyl/N-ethyl adjacent to an activating group) is 1. The number of benzene rings is 3. The van der Waals surface area contributed by atoms with Crippen LogP contribution in [0.2, 0.25) is 10.0 Å². The number of hydrogen-bond acceptors (Lipinski definition) is 5. The van der Waals surface area contributed by atoms with Gasteiger partial charge in [0.1, 0.15) is 18.3 Å². The molecular weight excluding hydrogens is 561 g/mol. The topological polar surface area (TPSA) is 96.0 Å². The molecule has 0 saturated carbocycles. The van der Waals surface area contributed by atoms with Crippen LogP contribution in [-0.2, 0) is 32.6 Å². The van der Waals surface area contributed by atoms with Gasteiger partial charge in [-0.05, 0) is 54.4 Å². The van der Waals surface area contributed by atoms with Gasteiger partial charge < -0.3 is 15.0 Å². The minimum absolute atomic E-state index is 0.00453. The van der Waals surface area contributed by atoms with Crippen molar-refractivity contribution < 1.29 is 22.7 Å². The molecule has 39 heavy (non-hydrogen) atoms. The highest BCUT2D eigenvalue weighted by atomic mass is 35.5. The van der Waals surface area contributed by atoms with Crippen LogP contribution in [0, 0.1) is 0 Å². The third-order valence-electron chi connectivity index (χ3n) is 6.00. The quantitative estimate of drug-likeness (QED) is 0.333. The molecule has 0 spiro atoms. The van der Waals surface area contributed by atoms with Crippen LogP contribution in [0.25, 0.3) is 0 Å². The lowest BCUT2D eigenvalue weighted by Crippen LogP contribution is -2.53. The Bertz CT molecular complexity index is 1390. The molecule has 0 unspecified atom stereocenters. The molecule has 208 valence electrons. The molecule has 1 N–H and O–H groups in total. The number of nitrogens with one attached hydrogen (secondary N) is 1. The van der Waals surface area contributed by atoms with Gasteiger partial charge in [-0.3, -0.25) is 13.9 Å². The Morgan fingerprint density at radius 1 is 0.949 bits per heavy atom. The number of ether oxygens (including phenoxy) is 1. The molecule has 3 aromatic carbocycles. The minimum Gasteiger partial charge on any atom is -0.497 e. The highest BCUT2D eigenvalue weighted by molar-refractivity contribution is 7.92. The van der Waals surface area contributed by atoms with Gasteiger partial charge in [0.2, 0.25) is 21.8 Å². The molecule has 3 aromatic rings. The van der Waals surface area contributed by atoms with Crippen molar-refractivity contribution >= 4 is 50.7 Å². The first-order chi connectivity index (χ1) is 18.5. The fourth-order valence-electron chi connectivity index (χ4n) is 4.04. The Morgan fingerprint density at radius 3 is 2.18 bits per heavy atom. The van der Waals surface area contributed by atoms with Gasteiger partial charge in [-0.2, -0.15) is 0 Å². The predicted octanol–water partition coefficient (Wildman–Crippen LogP) is 4.54. The zero-order valence-electron chi connectivity index (χ0n) is 21.9. The summed E-state index contributed by atoms with van der Waals surface area (Å²) in [5.74, 6) is -0.376. The highest BCUT2D eigenvalue weighted by Gasteiger charge is 2.33. The van der Waals surface area contributed by atoms with E-state index in [0.29, 0.717) is 33.6 Å². The standard InChI is InChI=1S/C28H31Cl2N3O5S/c1-4-31-28(35)26(17-20-8-6-5-7-9-20)32(18-21-10-15-24(29)25(30)16-21)27(34)19-33(39(3,36)37)22-11-13-23(38-2)14-12-22/h5-16,26H,4,17-19H2,1-3H3,(H,31,35)/t26-/m0/s1. The maximum absolute atomic E-state index is 13.9. The lowest BCUT2D eigenvalue weighted by molar-refractivity contribution is -0.140. The Kier molecular flexibility index (Phi) is 10.6. The Balaban J connectivity index is 2.04. The molecule has 8 nitrogen and oxygen atoms in total. The first-order valence-corrected chi connectivity index (χ1v) is 14.8. The number of methoxy groups -OCH3 is 1. The van der Waals surface area contributed by atoms with Gasteiger partial charge in [-0.25, -0.2) is 8.42 Å². The van der Waals surface area contributed by atoms with E-state index in [9.17, 15) is 18.0 Å². The van der Waals surface area contributed by atoms with Gasteiger partial charge in [-0.1, -0.05) is 59.6 Å². The molecule has 0 aromatic heterocycles. The summed E-state index contributed by atoms with van der Waals surface area (Å²) in [7, 11) is -2.36. The number of hydrogen-bond donors (Lipinski definition) is 1. The monoisotopic (exact) mass is 591 g/mol. The summed E-state index contributed by atoms with van der Waals surface area (Å²) in [6, 6.07) is 19.7. The van der Waals surface area contributed by atoms with E-state index in [1.54, 1.807) is 49.4 Å². The van der Waals surface area contributed by atoms with Crippen molar-refractivity contribution in [3.05, 3.63) is 94.0 Å². The third-order valence-corrected chi connectivity index (χ3v) is 7.88. The van der Waals surface area contributed by atoms with Crippen molar-refractivity contribution in [3.63, 3.8) is 0 Å². The summed E-state index contributed by atoms with van der Waals surface area (Å²) in [6.45, 7) is 1.64. The first-order valence-electron chi connectivity index (χ1n) is 12.2. The Labute approximate surface area is 239 Å². The number of halogens is 2. The number of carbonyl (C=O) groups is 2. The summed E-state index contributed by atoms with van der Waals surface area (Å²) in [5, 5.41) is 3.46. The maximum atomic E-state index is 13.9. The van der Waals surface area contributed by atoms with Crippen molar-refractivity contribution in [1.82, 2.24) is 10.2 Å². The van der Waals surface area contributed by atoms with E-state index >= 15 is 0 Å². The smallest absolute Gasteiger partial charge is 0.244 e. The van der Waals surface area contributed by atoms with Gasteiger partial charge >= 0.3 is 0 Å². The predicted molar refractivity (Wildman–Crippen MR) is 155 cm³/mol. The van der Waals surface area contributed by atoms with E-state index in [2.05, 4.69) is 5.32 Å². The fourth-order valence-corrected chi connectivity index (χ4v) is 5.21. The van der Waals surface area contributed by atoms with E-state index in [1.165, 1.54) is 12.0 Å². The second-order valence-electron chi connectivity index (χ2n) is 8.84. The molecule has 0 heterocycles. The lowest BCUT2D eigenvalue weighted by Gasteiger charge is -2.33. The zero-order valence-corrected chi connectivity index (χ0v) is 24.3. The number of anilines is 1. The number of amides is 2. The largest absolute Gasteiger partial charge is 0.497 e. The fraction of sp³-hybridized carbons (Fsp3) is 0.286. The van der Waals surface area contributed by atoms with Crippen LogP contribution in [0.4, 0.5) is 5.69 Å². The summed E-state index contributed by atoms with van der Waals surface area (Å²) in [6.07, 6.45) is 1.25. The summed E-state index contributed by atoms with van der Waals surface area (Å²) in [4.78, 5) is 28.7. The molecule has 1 atom stereocenters. The van der Waals surface area contributed by atoms with Crippen molar-refractivity contribution in [2.75, 3.05) is 30.8 Å². The third kappa shape index (κ3) is 8.36. The SMILES string of the molecule is CCNC(=O)[C@H](Cc1ccccc1)N(Cc1ccc(Cl)c(Cl)c1)C(=O)CN(c1ccc(OC)cc1)S(C)(=O)=O. The molecular formula is C28H31Cl2N3O5S. The zero-order chi connectivity index (χ0) is 28.6. The maximum Gasteiger partial charge on any atom is 0.244 e. The van der Waals surface area contributed by atoms with Crippen LogP contribution < -0.4 is 14.4 Å². The summed E-state index contributed by atoms with van der Waals surface area (Å²) in [5.41, 5.74) is 1.77. The summed E-state index contributed by atoms with van der Waals surface area (Å²) < 4.78 is 31.8. The molecule has 11 heteroatoms. The van der Waals surface area contributed by atoms with Gasteiger partial charge in [0.25, 0.3) is 0 Å². The van der Waals surface area contributed by atoms with Crippen molar-refractivity contribution in [3.8, 4) is 5.75 Å². The number of nitrogens with zero attached hydrogens (tertiary/aromatic N) is 2. The Morgan fingerprint density at radius 2 is 1.62 bits per heavy atom. The van der Waals surface area contributed by atoms with Crippen molar-refractivity contribution in [1.29, 1.82) is 0 Å². The molecule has 3 rings (SSSR count). The molecule has 0 fully saturated rings. The second-order valence-corrected chi connectivity index (χ2v) is 11.6. The molecule has 0 aliphatic heterocycles. The van der Waals surface area contributed by atoms with Crippen molar-refractivity contribution in [2.45, 2.75) is 25.9 Å². The summed E-state index contributed by atoms with van der Waals surface area (Å²) >= 11 is 12.3. The van der Waals surface area contributed by atoms with Gasteiger partial charge in [0.15, 0.2) is 0 Å². The number of sulfonamides is 1. The number of carbonyl (C=O) groups excluding carboxylic acids is 2. The first kappa shape index (κ1) is 30.3. The highest BCUT2D eigenvalue weighted by Crippen LogP contribution is 2.26.